The van der Waals surface area contributed by atoms with Crippen molar-refractivity contribution in [3.63, 3.8) is 0 Å². The van der Waals surface area contributed by atoms with Gasteiger partial charge in [-0.05, 0) is 17.2 Å². The Labute approximate surface area is 72.0 Å². The number of hydrogen-bond donors (Lipinski definition) is 2. The summed E-state index contributed by atoms with van der Waals surface area (Å²) in [4.78, 5) is 0. The minimum atomic E-state index is 0.713. The molecule has 2 aliphatic rings. The largest absolute Gasteiger partial charge is 0.384 e. The van der Waals surface area contributed by atoms with Crippen molar-refractivity contribution in [3.8, 4) is 0 Å². The molecule has 0 amide bonds. The first-order valence-electron chi connectivity index (χ1n) is 4.51. The van der Waals surface area contributed by atoms with Gasteiger partial charge in [0.15, 0.2) is 0 Å². The Bertz CT molecular complexity index is 320. The molecular weight excluding hydrogens is 148 g/mol. The summed E-state index contributed by atoms with van der Waals surface area (Å²) >= 11 is 0. The van der Waals surface area contributed by atoms with Crippen molar-refractivity contribution in [2.45, 2.75) is 12.5 Å². The van der Waals surface area contributed by atoms with Gasteiger partial charge in [-0.15, -0.1) is 0 Å². The zero-order valence-corrected chi connectivity index (χ0v) is 6.93. The third-order valence-electron chi connectivity index (χ3n) is 2.85. The highest BCUT2D eigenvalue weighted by atomic mass is 15.0. The SMILES string of the molecule is c1cc2c3c(c1)NCC3CNC2. The second-order valence-corrected chi connectivity index (χ2v) is 3.59. The van der Waals surface area contributed by atoms with Crippen molar-refractivity contribution in [2.24, 2.45) is 0 Å². The van der Waals surface area contributed by atoms with E-state index in [4.69, 9.17) is 0 Å². The zero-order chi connectivity index (χ0) is 7.97. The highest BCUT2D eigenvalue weighted by Gasteiger charge is 2.27. The maximum absolute atomic E-state index is 3.44. The molecule has 12 heavy (non-hydrogen) atoms. The highest BCUT2D eigenvalue weighted by Crippen LogP contribution is 2.35. The lowest BCUT2D eigenvalue weighted by atomic mass is 9.93. The van der Waals surface area contributed by atoms with Gasteiger partial charge in [-0.25, -0.2) is 0 Å². The van der Waals surface area contributed by atoms with Crippen LogP contribution in [0.25, 0.3) is 0 Å². The molecule has 0 bridgehead atoms. The summed E-state index contributed by atoms with van der Waals surface area (Å²) in [6.45, 7) is 3.29. The maximum Gasteiger partial charge on any atom is 0.0380 e. The van der Waals surface area contributed by atoms with Crippen LogP contribution in [-0.2, 0) is 6.54 Å². The van der Waals surface area contributed by atoms with Crippen LogP contribution in [0.1, 0.15) is 17.0 Å². The van der Waals surface area contributed by atoms with Crippen molar-refractivity contribution in [1.82, 2.24) is 5.32 Å². The number of hydrogen-bond acceptors (Lipinski definition) is 2. The summed E-state index contributed by atoms with van der Waals surface area (Å²) in [5.41, 5.74) is 4.41. The smallest absolute Gasteiger partial charge is 0.0380 e. The average molecular weight is 160 g/mol. The normalized spacial score (nSPS) is 24.8. The first kappa shape index (κ1) is 6.49. The Kier molecular flexibility index (Phi) is 1.21. The zero-order valence-electron chi connectivity index (χ0n) is 6.93. The van der Waals surface area contributed by atoms with Crippen LogP contribution in [-0.4, -0.2) is 13.1 Å². The van der Waals surface area contributed by atoms with Crippen molar-refractivity contribution < 1.29 is 0 Å². The fraction of sp³-hybridized carbons (Fsp3) is 0.400. The predicted octanol–water partition coefficient (Wildman–Crippen LogP) is 1.30. The van der Waals surface area contributed by atoms with E-state index in [9.17, 15) is 0 Å². The van der Waals surface area contributed by atoms with E-state index >= 15 is 0 Å². The molecule has 0 fully saturated rings. The number of rotatable bonds is 0. The van der Waals surface area contributed by atoms with Crippen LogP contribution >= 0.6 is 0 Å². The monoisotopic (exact) mass is 160 g/mol. The first-order valence-corrected chi connectivity index (χ1v) is 4.51. The second kappa shape index (κ2) is 2.23. The van der Waals surface area contributed by atoms with Gasteiger partial charge < -0.3 is 10.6 Å². The molecule has 3 rings (SSSR count). The van der Waals surface area contributed by atoms with Crippen molar-refractivity contribution in [3.05, 3.63) is 29.3 Å². The van der Waals surface area contributed by atoms with Gasteiger partial charge in [0.2, 0.25) is 0 Å². The minimum Gasteiger partial charge on any atom is -0.384 e. The third kappa shape index (κ3) is 0.730. The van der Waals surface area contributed by atoms with E-state index in [1.54, 1.807) is 5.56 Å². The summed E-state index contributed by atoms with van der Waals surface area (Å²) in [6.07, 6.45) is 0. The maximum atomic E-state index is 3.44. The van der Waals surface area contributed by atoms with Crippen LogP contribution in [0.2, 0.25) is 0 Å². The Hall–Kier alpha value is -1.02. The molecule has 0 radical (unpaired) electrons. The molecule has 0 spiro atoms. The van der Waals surface area contributed by atoms with Crippen LogP contribution in [0.4, 0.5) is 5.69 Å². The summed E-state index contributed by atoms with van der Waals surface area (Å²) < 4.78 is 0. The highest BCUT2D eigenvalue weighted by molar-refractivity contribution is 5.61. The molecule has 1 aromatic rings. The standard InChI is InChI=1S/C10H12N2/c1-2-7-4-11-5-8-6-12-9(3-1)10(7)8/h1-3,8,11-12H,4-6H2. The summed E-state index contributed by atoms with van der Waals surface area (Å²) in [5.74, 6) is 0.713. The second-order valence-electron chi connectivity index (χ2n) is 3.59. The summed E-state index contributed by atoms with van der Waals surface area (Å²) in [5, 5.41) is 6.88. The van der Waals surface area contributed by atoms with E-state index in [0.717, 1.165) is 19.6 Å². The lowest BCUT2D eigenvalue weighted by molar-refractivity contribution is 0.573. The third-order valence-corrected chi connectivity index (χ3v) is 2.85. The van der Waals surface area contributed by atoms with Gasteiger partial charge in [0.25, 0.3) is 0 Å². The molecule has 0 aliphatic carbocycles. The van der Waals surface area contributed by atoms with Crippen molar-refractivity contribution in [2.75, 3.05) is 18.4 Å². The van der Waals surface area contributed by atoms with E-state index < -0.39 is 0 Å². The Morgan fingerprint density at radius 2 is 2.25 bits per heavy atom. The molecule has 1 atom stereocenters. The minimum absolute atomic E-state index is 0.713. The molecule has 0 saturated heterocycles. The number of anilines is 1. The van der Waals surface area contributed by atoms with E-state index in [1.807, 2.05) is 0 Å². The topological polar surface area (TPSA) is 24.1 Å². The van der Waals surface area contributed by atoms with Crippen LogP contribution < -0.4 is 10.6 Å². The molecule has 0 saturated carbocycles. The molecular formula is C10H12N2. The molecule has 0 aromatic heterocycles. The molecule has 62 valence electrons. The van der Waals surface area contributed by atoms with E-state index in [0.29, 0.717) is 5.92 Å². The van der Waals surface area contributed by atoms with Gasteiger partial charge in [0.05, 0.1) is 0 Å². The van der Waals surface area contributed by atoms with Gasteiger partial charge in [-0.2, -0.15) is 0 Å². The van der Waals surface area contributed by atoms with Crippen molar-refractivity contribution in [1.29, 1.82) is 0 Å². The van der Waals surface area contributed by atoms with E-state index in [2.05, 4.69) is 28.8 Å². The van der Waals surface area contributed by atoms with Crippen LogP contribution in [0.15, 0.2) is 18.2 Å². The molecule has 2 N–H and O–H groups in total. The molecule has 2 nitrogen and oxygen atoms in total. The number of nitrogens with one attached hydrogen (secondary N) is 2. The first-order chi connectivity index (χ1) is 5.95. The van der Waals surface area contributed by atoms with Gasteiger partial charge in [0.1, 0.15) is 0 Å². The summed E-state index contributed by atoms with van der Waals surface area (Å²) in [6, 6.07) is 6.55. The van der Waals surface area contributed by atoms with Gasteiger partial charge in [-0.1, -0.05) is 12.1 Å². The molecule has 2 heteroatoms. The molecule has 1 unspecified atom stereocenters. The molecule has 2 heterocycles. The van der Waals surface area contributed by atoms with E-state index in [1.165, 1.54) is 11.3 Å². The van der Waals surface area contributed by atoms with Crippen LogP contribution in [0.5, 0.6) is 0 Å². The average Bonchev–Trinajstić information content (AvgIpc) is 2.52. The quantitative estimate of drug-likeness (QED) is 0.597. The molecule has 2 aliphatic heterocycles. The Balaban J connectivity index is 2.23. The molecule has 1 aromatic carbocycles. The van der Waals surface area contributed by atoms with Gasteiger partial charge in [-0.3, -0.25) is 0 Å². The summed E-state index contributed by atoms with van der Waals surface area (Å²) in [7, 11) is 0. The number of benzene rings is 1. The van der Waals surface area contributed by atoms with Crippen molar-refractivity contribution >= 4 is 5.69 Å². The predicted molar refractivity (Wildman–Crippen MR) is 49.4 cm³/mol. The van der Waals surface area contributed by atoms with Gasteiger partial charge >= 0.3 is 0 Å². The Morgan fingerprint density at radius 3 is 3.25 bits per heavy atom. The fourth-order valence-electron chi connectivity index (χ4n) is 2.29. The van der Waals surface area contributed by atoms with Crippen LogP contribution in [0, 0.1) is 0 Å². The van der Waals surface area contributed by atoms with E-state index in [-0.39, 0.29) is 0 Å². The Morgan fingerprint density at radius 1 is 1.25 bits per heavy atom. The fourth-order valence-corrected chi connectivity index (χ4v) is 2.29. The van der Waals surface area contributed by atoms with Crippen LogP contribution in [0.3, 0.4) is 0 Å². The lowest BCUT2D eigenvalue weighted by Crippen LogP contribution is -2.27. The lowest BCUT2D eigenvalue weighted by Gasteiger charge is -2.21. The van der Waals surface area contributed by atoms with Gasteiger partial charge in [0, 0.05) is 31.2 Å².